The molecule has 0 bridgehead atoms. The molecule has 0 saturated heterocycles. The third-order valence-electron chi connectivity index (χ3n) is 8.63. The Balaban J connectivity index is 1.20. The van der Waals surface area contributed by atoms with Crippen molar-refractivity contribution in [2.45, 2.75) is 65.2 Å². The average Bonchev–Trinajstić information content (AvgIpc) is 2.95. The predicted molar refractivity (Wildman–Crippen MR) is 170 cm³/mol. The van der Waals surface area contributed by atoms with Gasteiger partial charge in [-0.2, -0.15) is 4.31 Å². The van der Waals surface area contributed by atoms with Crippen molar-refractivity contribution in [2.24, 2.45) is 0 Å². The normalized spacial score (nSPS) is 15.2. The van der Waals surface area contributed by atoms with Crippen molar-refractivity contribution in [2.75, 3.05) is 43.1 Å². The second kappa shape index (κ2) is 11.6. The molecule has 7 nitrogen and oxygen atoms in total. The number of hydrogen-bond donors (Lipinski definition) is 2. The summed E-state index contributed by atoms with van der Waals surface area (Å²) in [5.74, 6) is 0. The van der Waals surface area contributed by atoms with Gasteiger partial charge in [-0.3, -0.25) is 9.97 Å². The number of fused-ring (bicyclic) bond motifs is 4. The molecule has 0 atom stereocenters. The molecule has 0 radical (unpaired) electrons. The van der Waals surface area contributed by atoms with E-state index in [1.165, 1.54) is 52.7 Å². The first-order valence-corrected chi connectivity index (χ1v) is 16.9. The van der Waals surface area contributed by atoms with Crippen molar-refractivity contribution in [1.82, 2.24) is 14.3 Å². The molecular weight excluding hydrogens is 530 g/mol. The maximum Gasteiger partial charge on any atom is 0.211 e. The summed E-state index contributed by atoms with van der Waals surface area (Å²) in [5.41, 5.74) is 11.6. The Labute approximate surface area is 243 Å². The Kier molecular flexibility index (Phi) is 7.88. The first-order chi connectivity index (χ1) is 19.8. The first kappa shape index (κ1) is 27.9. The van der Waals surface area contributed by atoms with Crippen molar-refractivity contribution in [3.05, 3.63) is 70.0 Å². The van der Waals surface area contributed by atoms with Crippen LogP contribution in [0.2, 0.25) is 0 Å². The molecule has 216 valence electrons. The molecule has 2 heterocycles. The highest BCUT2D eigenvalue weighted by molar-refractivity contribution is 7.88. The zero-order valence-electron chi connectivity index (χ0n) is 24.5. The van der Waals surface area contributed by atoms with Crippen LogP contribution in [0.15, 0.2) is 36.4 Å². The molecule has 2 aromatic heterocycles. The van der Waals surface area contributed by atoms with Crippen molar-refractivity contribution in [3.63, 3.8) is 0 Å². The number of benzene rings is 2. The number of pyridine rings is 2. The van der Waals surface area contributed by atoms with E-state index in [1.54, 1.807) is 4.31 Å². The number of hydrogen-bond acceptors (Lipinski definition) is 6. The maximum absolute atomic E-state index is 12.8. The van der Waals surface area contributed by atoms with Gasteiger partial charge in [-0.25, -0.2) is 8.42 Å². The smallest absolute Gasteiger partial charge is 0.211 e. The Morgan fingerprint density at radius 3 is 1.59 bits per heavy atom. The molecule has 0 unspecified atom stereocenters. The van der Waals surface area contributed by atoms with Gasteiger partial charge < -0.3 is 10.6 Å². The highest BCUT2D eigenvalue weighted by Gasteiger charge is 2.22. The quantitative estimate of drug-likeness (QED) is 0.258. The van der Waals surface area contributed by atoms with Gasteiger partial charge in [0.25, 0.3) is 0 Å². The Bertz CT molecular complexity index is 1610. The van der Waals surface area contributed by atoms with Crippen LogP contribution in [0.4, 0.5) is 11.4 Å². The molecule has 2 aliphatic carbocycles. The van der Waals surface area contributed by atoms with Gasteiger partial charge in [0.15, 0.2) is 0 Å². The van der Waals surface area contributed by atoms with Crippen molar-refractivity contribution < 1.29 is 8.42 Å². The Morgan fingerprint density at radius 1 is 0.707 bits per heavy atom. The molecule has 0 fully saturated rings. The molecule has 2 aliphatic rings. The van der Waals surface area contributed by atoms with Gasteiger partial charge in [0.05, 0.1) is 17.3 Å². The lowest BCUT2D eigenvalue weighted by Gasteiger charge is -2.25. The van der Waals surface area contributed by atoms with Crippen molar-refractivity contribution in [1.29, 1.82) is 0 Å². The van der Waals surface area contributed by atoms with Crippen LogP contribution >= 0.6 is 0 Å². The lowest BCUT2D eigenvalue weighted by atomic mass is 9.92. The number of anilines is 2. The first-order valence-electron chi connectivity index (χ1n) is 15.0. The molecule has 2 aromatic carbocycles. The zero-order valence-corrected chi connectivity index (χ0v) is 25.3. The van der Waals surface area contributed by atoms with Crippen LogP contribution in [0.25, 0.3) is 21.8 Å². The molecule has 6 rings (SSSR count). The van der Waals surface area contributed by atoms with Crippen LogP contribution in [-0.2, 0) is 35.7 Å². The van der Waals surface area contributed by atoms with Gasteiger partial charge in [0.2, 0.25) is 10.0 Å². The summed E-state index contributed by atoms with van der Waals surface area (Å²) in [4.78, 5) is 9.94. The summed E-state index contributed by atoms with van der Waals surface area (Å²) >= 11 is 0. The molecule has 0 saturated carbocycles. The number of nitrogens with zero attached hydrogens (tertiary/aromatic N) is 3. The number of aromatic nitrogens is 2. The third-order valence-corrected chi connectivity index (χ3v) is 9.93. The van der Waals surface area contributed by atoms with E-state index in [0.29, 0.717) is 26.2 Å². The van der Waals surface area contributed by atoms with E-state index in [9.17, 15) is 8.42 Å². The summed E-state index contributed by atoms with van der Waals surface area (Å²) in [5, 5.41) is 9.56. The topological polar surface area (TPSA) is 87.2 Å². The van der Waals surface area contributed by atoms with Crippen molar-refractivity contribution >= 4 is 43.2 Å². The van der Waals surface area contributed by atoms with Crippen LogP contribution in [0.5, 0.6) is 0 Å². The molecule has 4 aromatic rings. The third kappa shape index (κ3) is 5.90. The number of rotatable bonds is 9. The highest BCUT2D eigenvalue weighted by atomic mass is 32.2. The standard InChI is InChI=1S/C33H41N5O2S/c1-22-12-14-30-26(20-22)32(24-8-4-6-10-28(24)36-30)34-16-18-38(41(3,39)40)19-17-35-33-25-9-5-7-11-29(25)37-31-15-13-23(2)21-27(31)33/h12-15,20-21H,4-11,16-19H2,1-3H3,(H,34,36)(H,35,37). The molecule has 0 spiro atoms. The van der Waals surface area contributed by atoms with E-state index in [0.717, 1.165) is 71.7 Å². The minimum Gasteiger partial charge on any atom is -0.383 e. The van der Waals surface area contributed by atoms with E-state index < -0.39 is 10.0 Å². The average molecular weight is 572 g/mol. The van der Waals surface area contributed by atoms with Crippen LogP contribution in [0.1, 0.15) is 59.3 Å². The summed E-state index contributed by atoms with van der Waals surface area (Å²) in [6.07, 6.45) is 10.00. The largest absolute Gasteiger partial charge is 0.383 e. The molecule has 41 heavy (non-hydrogen) atoms. The Hall–Kier alpha value is -3.23. The second-order valence-electron chi connectivity index (χ2n) is 11.8. The number of aryl methyl sites for hydroxylation is 4. The lowest BCUT2D eigenvalue weighted by molar-refractivity contribution is 0.438. The molecule has 0 aliphatic heterocycles. The SMILES string of the molecule is Cc1ccc2nc3c(c(NCCN(CCNc4c5c(nc6ccc(C)cc46)CCCC5)S(C)(=O)=O)c2c1)CCCC3. The number of sulfonamides is 1. The number of nitrogens with one attached hydrogen (secondary N) is 2. The van der Waals surface area contributed by atoms with Crippen LogP contribution < -0.4 is 10.6 Å². The fraction of sp³-hybridized carbons (Fsp3) is 0.455. The monoisotopic (exact) mass is 571 g/mol. The summed E-state index contributed by atoms with van der Waals surface area (Å²) in [6.45, 7) is 6.09. The van der Waals surface area contributed by atoms with Crippen molar-refractivity contribution in [3.8, 4) is 0 Å². The fourth-order valence-corrected chi connectivity index (χ4v) is 7.38. The van der Waals surface area contributed by atoms with Gasteiger partial charge in [-0.1, -0.05) is 23.3 Å². The van der Waals surface area contributed by atoms with E-state index in [-0.39, 0.29) is 0 Å². The molecular formula is C33H41N5O2S. The summed E-state index contributed by atoms with van der Waals surface area (Å²) < 4.78 is 27.3. The summed E-state index contributed by atoms with van der Waals surface area (Å²) in [7, 11) is -3.38. The minimum atomic E-state index is -3.38. The van der Waals surface area contributed by atoms with Gasteiger partial charge in [-0.15, -0.1) is 0 Å². The zero-order chi connectivity index (χ0) is 28.6. The summed E-state index contributed by atoms with van der Waals surface area (Å²) in [6, 6.07) is 12.8. The van der Waals surface area contributed by atoms with Crippen LogP contribution in [0.3, 0.4) is 0 Å². The maximum atomic E-state index is 12.8. The molecule has 8 heteroatoms. The molecule has 2 N–H and O–H groups in total. The van der Waals surface area contributed by atoms with Crippen LogP contribution in [0, 0.1) is 13.8 Å². The van der Waals surface area contributed by atoms with E-state index in [4.69, 9.17) is 9.97 Å². The van der Waals surface area contributed by atoms with Gasteiger partial charge in [0, 0.05) is 59.7 Å². The van der Waals surface area contributed by atoms with E-state index in [2.05, 4.69) is 60.9 Å². The second-order valence-corrected chi connectivity index (χ2v) is 13.8. The fourth-order valence-electron chi connectivity index (χ4n) is 6.53. The predicted octanol–water partition coefficient (Wildman–Crippen LogP) is 5.94. The minimum absolute atomic E-state index is 0.402. The van der Waals surface area contributed by atoms with E-state index in [1.807, 2.05) is 0 Å². The highest BCUT2D eigenvalue weighted by Crippen LogP contribution is 2.35. The lowest BCUT2D eigenvalue weighted by Crippen LogP contribution is -2.37. The van der Waals surface area contributed by atoms with Gasteiger partial charge >= 0.3 is 0 Å². The Morgan fingerprint density at radius 2 is 1.15 bits per heavy atom. The van der Waals surface area contributed by atoms with Gasteiger partial charge in [-0.05, 0) is 101 Å². The van der Waals surface area contributed by atoms with Crippen LogP contribution in [-0.4, -0.2) is 55.1 Å². The van der Waals surface area contributed by atoms with Gasteiger partial charge in [0.1, 0.15) is 0 Å². The molecule has 0 amide bonds. The van der Waals surface area contributed by atoms with E-state index >= 15 is 0 Å².